The summed E-state index contributed by atoms with van der Waals surface area (Å²) >= 11 is 0. The largest absolute Gasteiger partial charge is 0.358 e. The number of hydrogen-bond donors (Lipinski definition) is 1. The van der Waals surface area contributed by atoms with Crippen molar-refractivity contribution in [3.63, 3.8) is 0 Å². The second-order valence-corrected chi connectivity index (χ2v) is 4.46. The zero-order valence-corrected chi connectivity index (χ0v) is 9.37. The van der Waals surface area contributed by atoms with E-state index in [1.54, 1.807) is 0 Å². The standard InChI is InChI=1S/C11H20N2O2/c1-9-8-12-5-6-13(11(9)14)10-4-2-3-7-15-10/h9-10,12H,2-8H2,1H3. The van der Waals surface area contributed by atoms with Gasteiger partial charge in [-0.15, -0.1) is 0 Å². The van der Waals surface area contributed by atoms with Gasteiger partial charge in [-0.05, 0) is 19.3 Å². The van der Waals surface area contributed by atoms with Crippen LogP contribution in [0.15, 0.2) is 0 Å². The number of hydrogen-bond acceptors (Lipinski definition) is 3. The van der Waals surface area contributed by atoms with Crippen molar-refractivity contribution < 1.29 is 9.53 Å². The Morgan fingerprint density at radius 1 is 1.47 bits per heavy atom. The first-order chi connectivity index (χ1) is 7.29. The monoisotopic (exact) mass is 212 g/mol. The molecule has 0 saturated carbocycles. The van der Waals surface area contributed by atoms with Crippen molar-refractivity contribution in [2.24, 2.45) is 5.92 Å². The molecule has 0 bridgehead atoms. The van der Waals surface area contributed by atoms with Crippen LogP contribution in [0.25, 0.3) is 0 Å². The zero-order chi connectivity index (χ0) is 10.7. The molecule has 2 rings (SSSR count). The summed E-state index contributed by atoms with van der Waals surface area (Å²) in [6.45, 7) is 5.25. The molecular formula is C11H20N2O2. The van der Waals surface area contributed by atoms with Gasteiger partial charge in [-0.2, -0.15) is 0 Å². The van der Waals surface area contributed by atoms with Gasteiger partial charge in [-0.25, -0.2) is 0 Å². The minimum absolute atomic E-state index is 0.0357. The van der Waals surface area contributed by atoms with Gasteiger partial charge in [0.25, 0.3) is 0 Å². The van der Waals surface area contributed by atoms with E-state index in [9.17, 15) is 4.79 Å². The third kappa shape index (κ3) is 2.49. The van der Waals surface area contributed by atoms with E-state index in [2.05, 4.69) is 5.32 Å². The van der Waals surface area contributed by atoms with Crippen LogP contribution in [0.4, 0.5) is 0 Å². The second kappa shape index (κ2) is 4.94. The summed E-state index contributed by atoms with van der Waals surface area (Å²) in [5, 5.41) is 3.28. The number of carbonyl (C=O) groups excluding carboxylic acids is 1. The summed E-state index contributed by atoms with van der Waals surface area (Å²) in [6, 6.07) is 0. The first-order valence-corrected chi connectivity index (χ1v) is 5.92. The molecule has 4 nitrogen and oxygen atoms in total. The molecule has 0 aliphatic carbocycles. The second-order valence-electron chi connectivity index (χ2n) is 4.46. The van der Waals surface area contributed by atoms with Crippen molar-refractivity contribution in [3.05, 3.63) is 0 Å². The van der Waals surface area contributed by atoms with Crippen molar-refractivity contribution in [2.45, 2.75) is 32.4 Å². The van der Waals surface area contributed by atoms with E-state index < -0.39 is 0 Å². The zero-order valence-electron chi connectivity index (χ0n) is 9.37. The van der Waals surface area contributed by atoms with Crippen LogP contribution in [-0.2, 0) is 9.53 Å². The minimum atomic E-state index is 0.0357. The summed E-state index contributed by atoms with van der Waals surface area (Å²) < 4.78 is 5.67. The van der Waals surface area contributed by atoms with Crippen molar-refractivity contribution in [1.82, 2.24) is 10.2 Å². The fraction of sp³-hybridized carbons (Fsp3) is 0.909. The van der Waals surface area contributed by atoms with Crippen LogP contribution in [-0.4, -0.2) is 43.3 Å². The fourth-order valence-corrected chi connectivity index (χ4v) is 2.25. The highest BCUT2D eigenvalue weighted by Crippen LogP contribution is 2.19. The van der Waals surface area contributed by atoms with Crippen LogP contribution in [0.1, 0.15) is 26.2 Å². The van der Waals surface area contributed by atoms with E-state index in [-0.39, 0.29) is 18.1 Å². The van der Waals surface area contributed by atoms with Gasteiger partial charge in [0.05, 0.1) is 0 Å². The lowest BCUT2D eigenvalue weighted by atomic mass is 10.1. The quantitative estimate of drug-likeness (QED) is 0.691. The molecule has 2 atom stereocenters. The maximum atomic E-state index is 12.1. The predicted molar refractivity (Wildman–Crippen MR) is 57.3 cm³/mol. The smallest absolute Gasteiger partial charge is 0.228 e. The summed E-state index contributed by atoms with van der Waals surface area (Å²) in [5.41, 5.74) is 0. The topological polar surface area (TPSA) is 41.6 Å². The molecule has 2 heterocycles. The van der Waals surface area contributed by atoms with Crippen LogP contribution in [0, 0.1) is 5.92 Å². The molecule has 0 aromatic rings. The van der Waals surface area contributed by atoms with E-state index in [0.29, 0.717) is 0 Å². The fourth-order valence-electron chi connectivity index (χ4n) is 2.25. The highest BCUT2D eigenvalue weighted by Gasteiger charge is 2.30. The molecule has 2 aliphatic heterocycles. The maximum absolute atomic E-state index is 12.1. The number of carbonyl (C=O) groups is 1. The molecule has 86 valence electrons. The molecule has 0 aromatic carbocycles. The van der Waals surface area contributed by atoms with Crippen LogP contribution in [0.3, 0.4) is 0 Å². The highest BCUT2D eigenvalue weighted by atomic mass is 16.5. The van der Waals surface area contributed by atoms with Gasteiger partial charge in [-0.3, -0.25) is 4.79 Å². The Kier molecular flexibility index (Phi) is 3.59. The number of ether oxygens (including phenoxy) is 1. The summed E-state index contributed by atoms with van der Waals surface area (Å²) in [5.74, 6) is 0.324. The molecule has 2 unspecified atom stereocenters. The van der Waals surface area contributed by atoms with E-state index in [0.717, 1.165) is 39.1 Å². The van der Waals surface area contributed by atoms with Crippen molar-refractivity contribution in [3.8, 4) is 0 Å². The SMILES string of the molecule is CC1CNCCN(C2CCCCO2)C1=O. The number of nitrogens with zero attached hydrogens (tertiary/aromatic N) is 1. The molecule has 0 spiro atoms. The van der Waals surface area contributed by atoms with Crippen LogP contribution in [0.5, 0.6) is 0 Å². The molecule has 0 radical (unpaired) electrons. The Bertz CT molecular complexity index is 227. The van der Waals surface area contributed by atoms with Crippen molar-refractivity contribution in [2.75, 3.05) is 26.2 Å². The van der Waals surface area contributed by atoms with Crippen LogP contribution >= 0.6 is 0 Å². The van der Waals surface area contributed by atoms with E-state index in [1.807, 2.05) is 11.8 Å². The normalized spacial score (nSPS) is 33.9. The van der Waals surface area contributed by atoms with Crippen molar-refractivity contribution >= 4 is 5.91 Å². The minimum Gasteiger partial charge on any atom is -0.358 e. The van der Waals surface area contributed by atoms with Crippen molar-refractivity contribution in [1.29, 1.82) is 0 Å². The molecule has 1 N–H and O–H groups in total. The molecule has 4 heteroatoms. The van der Waals surface area contributed by atoms with E-state index in [4.69, 9.17) is 4.74 Å². The highest BCUT2D eigenvalue weighted by molar-refractivity contribution is 5.79. The average Bonchev–Trinajstić information content (AvgIpc) is 2.44. The van der Waals surface area contributed by atoms with Gasteiger partial charge in [0.2, 0.25) is 5.91 Å². The van der Waals surface area contributed by atoms with Gasteiger partial charge < -0.3 is 15.0 Å². The average molecular weight is 212 g/mol. The lowest BCUT2D eigenvalue weighted by Crippen LogP contribution is -2.46. The Morgan fingerprint density at radius 3 is 3.07 bits per heavy atom. The molecular weight excluding hydrogens is 192 g/mol. The first kappa shape index (κ1) is 10.9. The lowest BCUT2D eigenvalue weighted by molar-refractivity contribution is -0.152. The van der Waals surface area contributed by atoms with E-state index in [1.165, 1.54) is 6.42 Å². The number of amides is 1. The third-order valence-electron chi connectivity index (χ3n) is 3.19. The molecule has 1 amide bonds. The number of nitrogens with one attached hydrogen (secondary N) is 1. The van der Waals surface area contributed by atoms with Gasteiger partial charge in [0.15, 0.2) is 0 Å². The lowest BCUT2D eigenvalue weighted by Gasteiger charge is -2.34. The third-order valence-corrected chi connectivity index (χ3v) is 3.19. The maximum Gasteiger partial charge on any atom is 0.228 e. The molecule has 2 fully saturated rings. The van der Waals surface area contributed by atoms with Gasteiger partial charge in [0.1, 0.15) is 6.23 Å². The Morgan fingerprint density at radius 2 is 2.33 bits per heavy atom. The Balaban J connectivity index is 2.00. The molecule has 15 heavy (non-hydrogen) atoms. The van der Waals surface area contributed by atoms with Gasteiger partial charge in [-0.1, -0.05) is 6.92 Å². The predicted octanol–water partition coefficient (Wildman–Crippen LogP) is 0.581. The van der Waals surface area contributed by atoms with Gasteiger partial charge in [0, 0.05) is 32.2 Å². The summed E-state index contributed by atoms with van der Waals surface area (Å²) in [4.78, 5) is 14.0. The van der Waals surface area contributed by atoms with Crippen LogP contribution in [0.2, 0.25) is 0 Å². The first-order valence-electron chi connectivity index (χ1n) is 5.92. The Labute approximate surface area is 91.0 Å². The van der Waals surface area contributed by atoms with Crippen LogP contribution < -0.4 is 5.32 Å². The van der Waals surface area contributed by atoms with Gasteiger partial charge >= 0.3 is 0 Å². The van der Waals surface area contributed by atoms with E-state index >= 15 is 0 Å². The number of rotatable bonds is 1. The Hall–Kier alpha value is -0.610. The molecule has 2 saturated heterocycles. The molecule has 0 aromatic heterocycles. The molecule has 2 aliphatic rings. The summed E-state index contributed by atoms with van der Waals surface area (Å²) in [6.07, 6.45) is 3.34. The summed E-state index contributed by atoms with van der Waals surface area (Å²) in [7, 11) is 0.